The Bertz CT molecular complexity index is 1720. The second kappa shape index (κ2) is 10.0. The molecule has 4 aromatic rings. The van der Waals surface area contributed by atoms with Crippen molar-refractivity contribution >= 4 is 42.4 Å². The van der Waals surface area contributed by atoms with Crippen LogP contribution >= 0.6 is 0 Å². The van der Waals surface area contributed by atoms with Crippen LogP contribution in [0.4, 0.5) is 14.5 Å². The molecule has 0 saturated carbocycles. The van der Waals surface area contributed by atoms with Gasteiger partial charge in [-0.1, -0.05) is 31.2 Å². The number of nitrogens with zero attached hydrogens (tertiary/aromatic N) is 1. The number of H-pyrrole nitrogens is 1. The number of carbonyl (C=O) groups excluding carboxylic acids is 1. The van der Waals surface area contributed by atoms with Crippen LogP contribution in [0.2, 0.25) is 0 Å². The number of anilines is 1. The predicted octanol–water partition coefficient (Wildman–Crippen LogP) is 4.44. The molecule has 0 aliphatic carbocycles. The largest absolute Gasteiger partial charge is 0.345 e. The number of carbonyl (C=O) groups is 1. The molecule has 0 atom stereocenters. The van der Waals surface area contributed by atoms with Crippen molar-refractivity contribution in [3.63, 3.8) is 0 Å². The normalized spacial score (nSPS) is 12.1. The summed E-state index contributed by atoms with van der Waals surface area (Å²) in [4.78, 5) is 20.4. The van der Waals surface area contributed by atoms with E-state index in [4.69, 9.17) is 0 Å². The van der Waals surface area contributed by atoms with Crippen LogP contribution in [0.1, 0.15) is 34.8 Å². The van der Waals surface area contributed by atoms with E-state index in [1.165, 1.54) is 6.20 Å². The smallest absolute Gasteiger partial charge is 0.232 e. The molecule has 0 saturated heterocycles. The fourth-order valence-corrected chi connectivity index (χ4v) is 5.84. The van der Waals surface area contributed by atoms with Gasteiger partial charge in [-0.2, -0.15) is 0 Å². The molecular formula is C25H23F2N3O5S2. The Balaban J connectivity index is 1.72. The van der Waals surface area contributed by atoms with Crippen molar-refractivity contribution in [3.8, 4) is 11.1 Å². The van der Waals surface area contributed by atoms with Crippen molar-refractivity contribution in [1.82, 2.24) is 9.97 Å². The third kappa shape index (κ3) is 5.86. The molecule has 194 valence electrons. The first-order valence-corrected chi connectivity index (χ1v) is 14.9. The molecule has 0 amide bonds. The molecule has 2 heterocycles. The van der Waals surface area contributed by atoms with E-state index < -0.39 is 48.5 Å². The van der Waals surface area contributed by atoms with Crippen LogP contribution in [-0.4, -0.2) is 44.6 Å². The van der Waals surface area contributed by atoms with E-state index in [1.807, 2.05) is 0 Å². The lowest BCUT2D eigenvalue weighted by Gasteiger charge is -2.11. The van der Waals surface area contributed by atoms with Gasteiger partial charge in [-0.3, -0.25) is 9.52 Å². The van der Waals surface area contributed by atoms with Crippen molar-refractivity contribution in [1.29, 1.82) is 0 Å². The third-order valence-electron chi connectivity index (χ3n) is 5.55. The summed E-state index contributed by atoms with van der Waals surface area (Å²) in [5.74, 6) is -3.81. The maximum atomic E-state index is 15.2. The average Bonchev–Trinajstić information content (AvgIpc) is 3.23. The first-order chi connectivity index (χ1) is 17.4. The molecule has 0 radical (unpaired) electrons. The molecule has 37 heavy (non-hydrogen) atoms. The van der Waals surface area contributed by atoms with Gasteiger partial charge in [0.1, 0.15) is 11.5 Å². The molecule has 2 aromatic carbocycles. The van der Waals surface area contributed by atoms with Crippen molar-refractivity contribution < 1.29 is 30.4 Å². The number of benzene rings is 2. The summed E-state index contributed by atoms with van der Waals surface area (Å²) in [5, 5.41) is 0.304. The molecule has 4 rings (SSSR count). The van der Waals surface area contributed by atoms with E-state index in [9.17, 15) is 26.0 Å². The van der Waals surface area contributed by atoms with Gasteiger partial charge < -0.3 is 4.98 Å². The number of pyridine rings is 1. The van der Waals surface area contributed by atoms with Crippen LogP contribution < -0.4 is 4.72 Å². The molecule has 0 bridgehead atoms. The van der Waals surface area contributed by atoms with Gasteiger partial charge in [-0.15, -0.1) is 0 Å². The lowest BCUT2D eigenvalue weighted by atomic mass is 9.99. The summed E-state index contributed by atoms with van der Waals surface area (Å²) in [6.07, 6.45) is 4.26. The molecule has 8 nitrogen and oxygen atoms in total. The monoisotopic (exact) mass is 547 g/mol. The van der Waals surface area contributed by atoms with Crippen LogP contribution in [-0.2, 0) is 25.6 Å². The summed E-state index contributed by atoms with van der Waals surface area (Å²) in [7, 11) is -7.07. The molecule has 0 fully saturated rings. The highest BCUT2D eigenvalue weighted by atomic mass is 32.2. The highest BCUT2D eigenvalue weighted by molar-refractivity contribution is 7.92. The van der Waals surface area contributed by atoms with Crippen LogP contribution in [0.15, 0.2) is 54.9 Å². The topological polar surface area (TPSA) is 126 Å². The number of hydrogen-bond acceptors (Lipinski definition) is 6. The Morgan fingerprint density at radius 1 is 1.03 bits per heavy atom. The zero-order valence-corrected chi connectivity index (χ0v) is 21.5. The maximum absolute atomic E-state index is 15.2. The van der Waals surface area contributed by atoms with Gasteiger partial charge in [0.15, 0.2) is 15.7 Å². The summed E-state index contributed by atoms with van der Waals surface area (Å²) >= 11 is 0. The highest BCUT2D eigenvalue weighted by Gasteiger charge is 2.26. The highest BCUT2D eigenvalue weighted by Crippen LogP contribution is 2.30. The maximum Gasteiger partial charge on any atom is 0.232 e. The van der Waals surface area contributed by atoms with E-state index in [1.54, 1.807) is 43.5 Å². The van der Waals surface area contributed by atoms with Gasteiger partial charge in [-0.25, -0.2) is 30.6 Å². The molecule has 0 aliphatic rings. The summed E-state index contributed by atoms with van der Waals surface area (Å²) in [6.45, 7) is 1.64. The zero-order chi connectivity index (χ0) is 27.0. The first-order valence-electron chi connectivity index (χ1n) is 11.2. The summed E-state index contributed by atoms with van der Waals surface area (Å²) < 4.78 is 79.1. The van der Waals surface area contributed by atoms with E-state index in [0.717, 1.165) is 18.4 Å². The number of nitrogens with one attached hydrogen (secondary N) is 2. The van der Waals surface area contributed by atoms with Gasteiger partial charge in [-0.05, 0) is 35.7 Å². The second-order valence-corrected chi connectivity index (χ2v) is 12.6. The third-order valence-corrected chi connectivity index (χ3v) is 7.88. The minimum atomic E-state index is -3.87. The number of aromatic amines is 1. The Morgan fingerprint density at radius 3 is 2.38 bits per heavy atom. The number of hydrogen-bond donors (Lipinski definition) is 2. The molecule has 2 aromatic heterocycles. The lowest BCUT2D eigenvalue weighted by molar-refractivity contribution is 0.103. The number of sulfone groups is 1. The van der Waals surface area contributed by atoms with E-state index in [-0.39, 0.29) is 23.5 Å². The van der Waals surface area contributed by atoms with Crippen LogP contribution in [0, 0.1) is 11.6 Å². The number of fused-ring (bicyclic) bond motifs is 1. The average molecular weight is 548 g/mol. The summed E-state index contributed by atoms with van der Waals surface area (Å²) in [5.41, 5.74) is 0.730. The Labute approximate surface area is 212 Å². The number of rotatable bonds is 9. The minimum absolute atomic E-state index is 0.0515. The van der Waals surface area contributed by atoms with Gasteiger partial charge in [0, 0.05) is 35.2 Å². The van der Waals surface area contributed by atoms with E-state index in [2.05, 4.69) is 14.7 Å². The Hall–Kier alpha value is -3.64. The fraction of sp³-hybridized carbons (Fsp3) is 0.200. The quantitative estimate of drug-likeness (QED) is 0.299. The second-order valence-electron chi connectivity index (χ2n) is 8.62. The molecule has 2 N–H and O–H groups in total. The van der Waals surface area contributed by atoms with E-state index in [0.29, 0.717) is 27.7 Å². The van der Waals surface area contributed by atoms with Gasteiger partial charge in [0.2, 0.25) is 15.8 Å². The Kier molecular flexibility index (Phi) is 7.16. The minimum Gasteiger partial charge on any atom is -0.345 e. The lowest BCUT2D eigenvalue weighted by Crippen LogP contribution is -2.18. The fourth-order valence-electron chi connectivity index (χ4n) is 3.91. The van der Waals surface area contributed by atoms with Gasteiger partial charge in [0.05, 0.1) is 22.8 Å². The summed E-state index contributed by atoms with van der Waals surface area (Å²) in [6, 6.07) is 10.1. The van der Waals surface area contributed by atoms with Crippen LogP contribution in [0.5, 0.6) is 0 Å². The molecule has 0 unspecified atom stereocenters. The number of sulfonamides is 1. The first kappa shape index (κ1) is 26.4. The number of halogens is 2. The number of aromatic nitrogens is 2. The molecule has 12 heteroatoms. The van der Waals surface area contributed by atoms with Crippen molar-refractivity contribution in [2.75, 3.05) is 16.7 Å². The Morgan fingerprint density at radius 2 is 1.73 bits per heavy atom. The standard InChI is InChI=1S/C25H23F2N3O5S2/c1-3-10-37(34,35)30-21-9-8-20(26)22(23(21)27)24(31)19-13-29-25-18(19)11-17(12-28-25)16-6-4-15(5-7-16)14-36(2,32)33/h4-9,11-13,30H,3,10,14H2,1-2H3,(H,28,29). The van der Waals surface area contributed by atoms with Crippen molar-refractivity contribution in [2.24, 2.45) is 0 Å². The van der Waals surface area contributed by atoms with Gasteiger partial charge >= 0.3 is 0 Å². The van der Waals surface area contributed by atoms with Crippen molar-refractivity contribution in [2.45, 2.75) is 19.1 Å². The van der Waals surface area contributed by atoms with Crippen LogP contribution in [0.25, 0.3) is 22.2 Å². The number of ketones is 1. The van der Waals surface area contributed by atoms with Crippen molar-refractivity contribution in [3.05, 3.63) is 83.2 Å². The van der Waals surface area contributed by atoms with Gasteiger partial charge in [0.25, 0.3) is 0 Å². The molecule has 0 spiro atoms. The van der Waals surface area contributed by atoms with E-state index >= 15 is 4.39 Å². The van der Waals surface area contributed by atoms with Crippen LogP contribution in [0.3, 0.4) is 0 Å². The zero-order valence-electron chi connectivity index (χ0n) is 19.9. The molecule has 0 aliphatic heterocycles. The molecular weight excluding hydrogens is 524 g/mol. The predicted molar refractivity (Wildman–Crippen MR) is 138 cm³/mol. The SMILES string of the molecule is CCCS(=O)(=O)Nc1ccc(F)c(C(=O)c2c[nH]c3ncc(-c4ccc(CS(C)(=O)=O)cc4)cc23)c1F.